The molecule has 0 amide bonds. The Morgan fingerprint density at radius 1 is 1.32 bits per heavy atom. The first-order valence-corrected chi connectivity index (χ1v) is 5.95. The third-order valence-electron chi connectivity index (χ3n) is 2.94. The average molecular weight is 278 g/mol. The van der Waals surface area contributed by atoms with Crippen molar-refractivity contribution in [1.82, 2.24) is 0 Å². The average Bonchev–Trinajstić information content (AvgIpc) is 2.27. The van der Waals surface area contributed by atoms with Crippen molar-refractivity contribution in [3.63, 3.8) is 0 Å². The molecule has 0 spiro atoms. The van der Waals surface area contributed by atoms with E-state index < -0.39 is 24.5 Å². The van der Waals surface area contributed by atoms with Crippen LogP contribution in [0.4, 0.5) is 23.2 Å². The fourth-order valence-corrected chi connectivity index (χ4v) is 1.79. The van der Waals surface area contributed by atoms with Crippen LogP contribution in [0.3, 0.4) is 0 Å². The maximum absolute atomic E-state index is 13.5. The van der Waals surface area contributed by atoms with Crippen LogP contribution in [0.1, 0.15) is 30.5 Å². The Bertz CT molecular complexity index is 441. The number of alkyl halides is 3. The van der Waals surface area contributed by atoms with E-state index in [0.717, 1.165) is 0 Å². The van der Waals surface area contributed by atoms with Crippen molar-refractivity contribution in [3.05, 3.63) is 29.1 Å². The van der Waals surface area contributed by atoms with Gasteiger partial charge < -0.3 is 10.6 Å². The molecule has 0 unspecified atom stereocenters. The predicted octanol–water partition coefficient (Wildman–Crippen LogP) is 3.54. The quantitative estimate of drug-likeness (QED) is 0.853. The first-order valence-electron chi connectivity index (χ1n) is 5.95. The fraction of sp³-hybridized carbons (Fsp3) is 0.538. The number of nitrogens with zero attached hydrogens (tertiary/aromatic N) is 1. The van der Waals surface area contributed by atoms with Crippen LogP contribution in [0.5, 0.6) is 0 Å². The van der Waals surface area contributed by atoms with E-state index in [2.05, 4.69) is 0 Å². The summed E-state index contributed by atoms with van der Waals surface area (Å²) in [7, 11) is 1.55. The van der Waals surface area contributed by atoms with Crippen LogP contribution in [0, 0.1) is 12.7 Å². The number of hydrogen-bond donors (Lipinski definition) is 1. The monoisotopic (exact) mass is 278 g/mol. The van der Waals surface area contributed by atoms with Crippen molar-refractivity contribution in [1.29, 1.82) is 0 Å². The van der Waals surface area contributed by atoms with Crippen molar-refractivity contribution < 1.29 is 17.6 Å². The minimum absolute atomic E-state index is 0.186. The summed E-state index contributed by atoms with van der Waals surface area (Å²) in [5.41, 5.74) is 7.17. The van der Waals surface area contributed by atoms with Crippen LogP contribution in [-0.2, 0) is 0 Å². The molecule has 1 rings (SSSR count). The first kappa shape index (κ1) is 15.8. The van der Waals surface area contributed by atoms with Gasteiger partial charge in [-0.1, -0.05) is 0 Å². The number of nitrogens with two attached hydrogens (primary N) is 1. The van der Waals surface area contributed by atoms with Gasteiger partial charge in [-0.05, 0) is 37.1 Å². The SMILES string of the molecule is Cc1cc(N(C)CCC(F)(F)F)c([C@@H](C)N)cc1F. The van der Waals surface area contributed by atoms with E-state index in [1.165, 1.54) is 17.0 Å². The summed E-state index contributed by atoms with van der Waals surface area (Å²) in [6.07, 6.45) is -5.13. The molecule has 0 fully saturated rings. The molecule has 0 aliphatic heterocycles. The van der Waals surface area contributed by atoms with Crippen molar-refractivity contribution in [2.24, 2.45) is 5.73 Å². The molecule has 0 bridgehead atoms. The zero-order valence-corrected chi connectivity index (χ0v) is 11.2. The molecular weight excluding hydrogens is 260 g/mol. The van der Waals surface area contributed by atoms with Gasteiger partial charge in [0.05, 0.1) is 6.42 Å². The second-order valence-electron chi connectivity index (χ2n) is 4.74. The molecule has 0 saturated heterocycles. The number of aryl methyl sites for hydroxylation is 1. The summed E-state index contributed by atoms with van der Waals surface area (Å²) in [6, 6.07) is 2.38. The fourth-order valence-electron chi connectivity index (χ4n) is 1.79. The Balaban J connectivity index is 3.01. The molecule has 0 radical (unpaired) electrons. The summed E-state index contributed by atoms with van der Waals surface area (Å²) >= 11 is 0. The number of hydrogen-bond acceptors (Lipinski definition) is 2. The Hall–Kier alpha value is -1.30. The number of rotatable bonds is 4. The van der Waals surface area contributed by atoms with Gasteiger partial charge in [-0.3, -0.25) is 0 Å². The van der Waals surface area contributed by atoms with E-state index in [1.54, 1.807) is 20.9 Å². The van der Waals surface area contributed by atoms with E-state index in [-0.39, 0.29) is 6.54 Å². The molecule has 108 valence electrons. The summed E-state index contributed by atoms with van der Waals surface area (Å²) in [5, 5.41) is 0. The standard InChI is InChI=1S/C13H18F4N2/c1-8-6-12(10(9(2)18)7-11(8)14)19(3)5-4-13(15,16)17/h6-7,9H,4-5,18H2,1-3H3/t9-/m1/s1. The van der Waals surface area contributed by atoms with E-state index in [9.17, 15) is 17.6 Å². The van der Waals surface area contributed by atoms with Crippen LogP contribution in [0.15, 0.2) is 12.1 Å². The van der Waals surface area contributed by atoms with Gasteiger partial charge >= 0.3 is 6.18 Å². The number of benzene rings is 1. The highest BCUT2D eigenvalue weighted by Gasteiger charge is 2.27. The van der Waals surface area contributed by atoms with Crippen molar-refractivity contribution in [2.75, 3.05) is 18.5 Å². The van der Waals surface area contributed by atoms with Gasteiger partial charge in [0.2, 0.25) is 0 Å². The number of anilines is 1. The molecule has 19 heavy (non-hydrogen) atoms. The lowest BCUT2D eigenvalue weighted by atomic mass is 10.0. The van der Waals surface area contributed by atoms with E-state index in [0.29, 0.717) is 16.8 Å². The molecule has 1 atom stereocenters. The van der Waals surface area contributed by atoms with Crippen molar-refractivity contribution >= 4 is 5.69 Å². The molecule has 1 aromatic carbocycles. The van der Waals surface area contributed by atoms with Gasteiger partial charge in [-0.2, -0.15) is 13.2 Å². The Kier molecular flexibility index (Phi) is 4.79. The molecule has 0 heterocycles. The minimum Gasteiger partial charge on any atom is -0.374 e. The van der Waals surface area contributed by atoms with Gasteiger partial charge in [0.15, 0.2) is 0 Å². The van der Waals surface area contributed by atoms with Crippen molar-refractivity contribution in [3.8, 4) is 0 Å². The highest BCUT2D eigenvalue weighted by atomic mass is 19.4. The van der Waals surface area contributed by atoms with Crippen molar-refractivity contribution in [2.45, 2.75) is 32.5 Å². The molecule has 0 aromatic heterocycles. The second-order valence-corrected chi connectivity index (χ2v) is 4.74. The first-order chi connectivity index (χ1) is 8.61. The molecular formula is C13H18F4N2. The summed E-state index contributed by atoms with van der Waals surface area (Å²) < 4.78 is 50.2. The zero-order valence-electron chi connectivity index (χ0n) is 11.2. The summed E-state index contributed by atoms with van der Waals surface area (Å²) in [5.74, 6) is -0.403. The van der Waals surface area contributed by atoms with Gasteiger partial charge in [-0.15, -0.1) is 0 Å². The Morgan fingerprint density at radius 2 is 1.89 bits per heavy atom. The topological polar surface area (TPSA) is 29.3 Å². The smallest absolute Gasteiger partial charge is 0.374 e. The Morgan fingerprint density at radius 3 is 2.37 bits per heavy atom. The lowest BCUT2D eigenvalue weighted by molar-refractivity contribution is -0.132. The molecule has 2 nitrogen and oxygen atoms in total. The van der Waals surface area contributed by atoms with Gasteiger partial charge in [-0.25, -0.2) is 4.39 Å². The highest BCUT2D eigenvalue weighted by molar-refractivity contribution is 5.56. The van der Waals surface area contributed by atoms with Crippen LogP contribution in [-0.4, -0.2) is 19.8 Å². The molecule has 0 aliphatic carbocycles. The van der Waals surface area contributed by atoms with E-state index in [4.69, 9.17) is 5.73 Å². The largest absolute Gasteiger partial charge is 0.390 e. The molecule has 0 aliphatic rings. The van der Waals surface area contributed by atoms with E-state index >= 15 is 0 Å². The summed E-state index contributed by atoms with van der Waals surface area (Å²) in [4.78, 5) is 1.46. The van der Waals surface area contributed by atoms with Gasteiger partial charge in [0.25, 0.3) is 0 Å². The summed E-state index contributed by atoms with van der Waals surface area (Å²) in [6.45, 7) is 3.06. The Labute approximate surface area is 110 Å². The third-order valence-corrected chi connectivity index (χ3v) is 2.94. The van der Waals surface area contributed by atoms with Crippen LogP contribution in [0.25, 0.3) is 0 Å². The van der Waals surface area contributed by atoms with Crippen LogP contribution >= 0.6 is 0 Å². The molecule has 2 N–H and O–H groups in total. The molecule has 6 heteroatoms. The highest BCUT2D eigenvalue weighted by Crippen LogP contribution is 2.29. The van der Waals surface area contributed by atoms with Crippen LogP contribution in [0.2, 0.25) is 0 Å². The molecule has 0 saturated carbocycles. The number of halogens is 4. The third kappa shape index (κ3) is 4.38. The van der Waals surface area contributed by atoms with Crippen LogP contribution < -0.4 is 10.6 Å². The maximum atomic E-state index is 13.5. The minimum atomic E-state index is -4.21. The predicted molar refractivity (Wildman–Crippen MR) is 67.7 cm³/mol. The maximum Gasteiger partial charge on any atom is 0.390 e. The lowest BCUT2D eigenvalue weighted by Crippen LogP contribution is -2.26. The normalized spacial score (nSPS) is 13.5. The lowest BCUT2D eigenvalue weighted by Gasteiger charge is -2.25. The van der Waals surface area contributed by atoms with Gasteiger partial charge in [0, 0.05) is 25.3 Å². The second kappa shape index (κ2) is 5.77. The van der Waals surface area contributed by atoms with E-state index in [1.807, 2.05) is 0 Å². The van der Waals surface area contributed by atoms with Gasteiger partial charge in [0.1, 0.15) is 5.82 Å². The molecule has 1 aromatic rings. The zero-order chi connectivity index (χ0) is 14.8.